The van der Waals surface area contributed by atoms with Crippen molar-refractivity contribution in [2.75, 3.05) is 26.7 Å². The van der Waals surface area contributed by atoms with Crippen molar-refractivity contribution in [1.82, 2.24) is 10.2 Å². The standard InChI is InChI=1S/C11H18N2O3/c1-16-9(14)8-13-7-3-5-11(10(13)15)4-2-6-12-11/h12H,2-8H2,1H3. The van der Waals surface area contributed by atoms with Gasteiger partial charge in [0.05, 0.1) is 12.6 Å². The van der Waals surface area contributed by atoms with Gasteiger partial charge in [-0.2, -0.15) is 0 Å². The number of carbonyl (C=O) groups is 2. The highest BCUT2D eigenvalue weighted by Crippen LogP contribution is 2.30. The van der Waals surface area contributed by atoms with E-state index in [4.69, 9.17) is 0 Å². The van der Waals surface area contributed by atoms with Crippen LogP contribution in [-0.2, 0) is 14.3 Å². The second kappa shape index (κ2) is 4.41. The number of methoxy groups -OCH3 is 1. The van der Waals surface area contributed by atoms with Crippen LogP contribution in [0.2, 0.25) is 0 Å². The summed E-state index contributed by atoms with van der Waals surface area (Å²) in [4.78, 5) is 25.1. The maximum absolute atomic E-state index is 12.3. The van der Waals surface area contributed by atoms with Crippen LogP contribution in [-0.4, -0.2) is 49.1 Å². The van der Waals surface area contributed by atoms with Crippen molar-refractivity contribution in [3.05, 3.63) is 0 Å². The minimum atomic E-state index is -0.383. The Morgan fingerprint density at radius 1 is 1.50 bits per heavy atom. The Balaban J connectivity index is 2.05. The lowest BCUT2D eigenvalue weighted by atomic mass is 9.86. The van der Waals surface area contributed by atoms with E-state index >= 15 is 0 Å². The van der Waals surface area contributed by atoms with Crippen molar-refractivity contribution < 1.29 is 14.3 Å². The smallest absolute Gasteiger partial charge is 0.325 e. The lowest BCUT2D eigenvalue weighted by Gasteiger charge is -2.38. The first-order chi connectivity index (χ1) is 7.68. The third-order valence-corrected chi connectivity index (χ3v) is 3.52. The van der Waals surface area contributed by atoms with Crippen LogP contribution >= 0.6 is 0 Å². The molecule has 2 rings (SSSR count). The maximum atomic E-state index is 12.3. The summed E-state index contributed by atoms with van der Waals surface area (Å²) < 4.78 is 4.60. The van der Waals surface area contributed by atoms with Crippen LogP contribution in [0, 0.1) is 0 Å². The molecule has 1 amide bonds. The predicted octanol–water partition coefficient (Wildman–Crippen LogP) is -0.0960. The van der Waals surface area contributed by atoms with Crippen molar-refractivity contribution in [2.45, 2.75) is 31.2 Å². The summed E-state index contributed by atoms with van der Waals surface area (Å²) >= 11 is 0. The van der Waals surface area contributed by atoms with E-state index in [-0.39, 0.29) is 24.0 Å². The average Bonchev–Trinajstić information content (AvgIpc) is 2.74. The summed E-state index contributed by atoms with van der Waals surface area (Å²) in [5, 5.41) is 3.30. The van der Waals surface area contributed by atoms with E-state index in [9.17, 15) is 9.59 Å². The van der Waals surface area contributed by atoms with Crippen LogP contribution in [0.3, 0.4) is 0 Å². The molecule has 1 atom stereocenters. The molecule has 5 nitrogen and oxygen atoms in total. The molecular formula is C11H18N2O3. The van der Waals surface area contributed by atoms with Gasteiger partial charge in [0.2, 0.25) is 5.91 Å². The number of amides is 1. The molecule has 0 aromatic heterocycles. The normalized spacial score (nSPS) is 29.8. The average molecular weight is 226 g/mol. The van der Waals surface area contributed by atoms with Crippen LogP contribution < -0.4 is 5.32 Å². The van der Waals surface area contributed by atoms with Crippen LogP contribution in [0.5, 0.6) is 0 Å². The van der Waals surface area contributed by atoms with E-state index in [0.29, 0.717) is 6.54 Å². The van der Waals surface area contributed by atoms with Gasteiger partial charge in [-0.05, 0) is 32.2 Å². The van der Waals surface area contributed by atoms with Gasteiger partial charge in [-0.3, -0.25) is 9.59 Å². The highest BCUT2D eigenvalue weighted by molar-refractivity contribution is 5.90. The van der Waals surface area contributed by atoms with Gasteiger partial charge in [0.15, 0.2) is 0 Å². The van der Waals surface area contributed by atoms with Gasteiger partial charge in [0.1, 0.15) is 6.54 Å². The lowest BCUT2D eigenvalue weighted by Crippen LogP contribution is -2.59. The van der Waals surface area contributed by atoms with Crippen molar-refractivity contribution in [3.63, 3.8) is 0 Å². The third-order valence-electron chi connectivity index (χ3n) is 3.52. The number of piperidine rings is 1. The monoisotopic (exact) mass is 226 g/mol. The van der Waals surface area contributed by atoms with Gasteiger partial charge in [0.25, 0.3) is 0 Å². The molecule has 2 aliphatic heterocycles. The number of nitrogens with zero attached hydrogens (tertiary/aromatic N) is 1. The van der Waals surface area contributed by atoms with E-state index in [1.165, 1.54) is 7.11 Å². The fourth-order valence-electron chi connectivity index (χ4n) is 2.66. The zero-order chi connectivity index (χ0) is 11.6. The van der Waals surface area contributed by atoms with E-state index in [1.807, 2.05) is 0 Å². The molecule has 0 radical (unpaired) electrons. The summed E-state index contributed by atoms with van der Waals surface area (Å²) in [7, 11) is 1.35. The largest absolute Gasteiger partial charge is 0.468 e. The fourth-order valence-corrected chi connectivity index (χ4v) is 2.66. The number of likely N-dealkylation sites (tertiary alicyclic amines) is 1. The minimum absolute atomic E-state index is 0.0710. The Hall–Kier alpha value is -1.10. The van der Waals surface area contributed by atoms with Gasteiger partial charge < -0.3 is 15.0 Å². The summed E-state index contributed by atoms with van der Waals surface area (Å²) in [6.45, 7) is 1.65. The summed E-state index contributed by atoms with van der Waals surface area (Å²) in [6.07, 6.45) is 3.78. The summed E-state index contributed by atoms with van der Waals surface area (Å²) in [5.41, 5.74) is -0.383. The number of hydrogen-bond donors (Lipinski definition) is 1. The number of rotatable bonds is 2. The van der Waals surface area contributed by atoms with Crippen molar-refractivity contribution in [3.8, 4) is 0 Å². The van der Waals surface area contributed by atoms with E-state index in [2.05, 4.69) is 10.1 Å². The molecule has 2 saturated heterocycles. The molecule has 0 aromatic rings. The maximum Gasteiger partial charge on any atom is 0.325 e. The Morgan fingerprint density at radius 3 is 2.88 bits per heavy atom. The molecule has 2 heterocycles. The quantitative estimate of drug-likeness (QED) is 0.668. The van der Waals surface area contributed by atoms with Crippen molar-refractivity contribution in [1.29, 1.82) is 0 Å². The van der Waals surface area contributed by atoms with Crippen LogP contribution in [0.15, 0.2) is 0 Å². The van der Waals surface area contributed by atoms with Crippen molar-refractivity contribution in [2.24, 2.45) is 0 Å². The van der Waals surface area contributed by atoms with Crippen molar-refractivity contribution >= 4 is 11.9 Å². The highest BCUT2D eigenvalue weighted by Gasteiger charge is 2.45. The Morgan fingerprint density at radius 2 is 2.25 bits per heavy atom. The van der Waals surface area contributed by atoms with E-state index in [1.54, 1.807) is 4.90 Å². The first-order valence-electron chi connectivity index (χ1n) is 5.79. The topological polar surface area (TPSA) is 58.6 Å². The SMILES string of the molecule is COC(=O)CN1CCCC2(CCCN2)C1=O. The predicted molar refractivity (Wildman–Crippen MR) is 57.8 cm³/mol. The molecule has 1 unspecified atom stereocenters. The highest BCUT2D eigenvalue weighted by atomic mass is 16.5. The van der Waals surface area contributed by atoms with Gasteiger partial charge in [0, 0.05) is 6.54 Å². The van der Waals surface area contributed by atoms with E-state index < -0.39 is 0 Å². The van der Waals surface area contributed by atoms with Gasteiger partial charge in [-0.1, -0.05) is 0 Å². The summed E-state index contributed by atoms with van der Waals surface area (Å²) in [6, 6.07) is 0. The molecule has 90 valence electrons. The summed E-state index contributed by atoms with van der Waals surface area (Å²) in [5.74, 6) is -0.273. The molecule has 0 aromatic carbocycles. The molecule has 0 saturated carbocycles. The van der Waals surface area contributed by atoms with Gasteiger partial charge in [-0.15, -0.1) is 0 Å². The third kappa shape index (κ3) is 1.91. The number of esters is 1. The molecular weight excluding hydrogens is 208 g/mol. The zero-order valence-electron chi connectivity index (χ0n) is 9.62. The molecule has 1 spiro atoms. The van der Waals surface area contributed by atoms with Gasteiger partial charge in [-0.25, -0.2) is 0 Å². The second-order valence-electron chi connectivity index (χ2n) is 4.52. The number of nitrogens with one attached hydrogen (secondary N) is 1. The first kappa shape index (κ1) is 11.4. The second-order valence-corrected chi connectivity index (χ2v) is 4.52. The van der Waals surface area contributed by atoms with Gasteiger partial charge >= 0.3 is 5.97 Å². The van der Waals surface area contributed by atoms with Crippen LogP contribution in [0.1, 0.15) is 25.7 Å². The molecule has 16 heavy (non-hydrogen) atoms. The van der Waals surface area contributed by atoms with Crippen LogP contribution in [0.25, 0.3) is 0 Å². The number of ether oxygens (including phenoxy) is 1. The van der Waals surface area contributed by atoms with E-state index in [0.717, 1.165) is 32.2 Å². The molecule has 0 bridgehead atoms. The molecule has 1 N–H and O–H groups in total. The zero-order valence-corrected chi connectivity index (χ0v) is 9.62. The Bertz CT molecular complexity index is 298. The molecule has 0 aliphatic carbocycles. The Kier molecular flexibility index (Phi) is 3.14. The molecule has 5 heteroatoms. The van der Waals surface area contributed by atoms with Crippen LogP contribution in [0.4, 0.5) is 0 Å². The number of carbonyl (C=O) groups excluding carboxylic acids is 2. The Labute approximate surface area is 95.1 Å². The molecule has 2 fully saturated rings. The lowest BCUT2D eigenvalue weighted by molar-refractivity contribution is -0.151. The molecule has 2 aliphatic rings. The number of hydrogen-bond acceptors (Lipinski definition) is 4. The fraction of sp³-hybridized carbons (Fsp3) is 0.818. The minimum Gasteiger partial charge on any atom is -0.468 e. The first-order valence-corrected chi connectivity index (χ1v) is 5.79.